The molecule has 0 bridgehead atoms. The molecule has 1 aromatic rings. The normalized spacial score (nSPS) is 25.2. The molecule has 2 atom stereocenters. The molecule has 30 heavy (non-hydrogen) atoms. The van der Waals surface area contributed by atoms with Crippen LogP contribution in [-0.2, 0) is 22.5 Å². The van der Waals surface area contributed by atoms with Crippen molar-refractivity contribution in [3.05, 3.63) is 27.9 Å². The third kappa shape index (κ3) is 5.11. The second-order valence-electron chi connectivity index (χ2n) is 9.09. The van der Waals surface area contributed by atoms with Crippen LogP contribution in [0.4, 0.5) is 0 Å². The number of aryl methyl sites for hydroxylation is 1. The number of ether oxygens (including phenoxy) is 1. The van der Waals surface area contributed by atoms with Crippen LogP contribution in [-0.4, -0.2) is 70.7 Å². The van der Waals surface area contributed by atoms with Gasteiger partial charge in [0.05, 0.1) is 18.3 Å². The van der Waals surface area contributed by atoms with Crippen molar-refractivity contribution in [2.45, 2.75) is 76.9 Å². The van der Waals surface area contributed by atoms with Crippen LogP contribution in [0.5, 0.6) is 0 Å². The molecule has 7 nitrogen and oxygen atoms in total. The fourth-order valence-corrected chi connectivity index (χ4v) is 5.04. The molecule has 3 aliphatic heterocycles. The molecule has 0 N–H and O–H groups in total. The van der Waals surface area contributed by atoms with E-state index in [0.29, 0.717) is 6.54 Å². The second kappa shape index (κ2) is 10.1. The fraction of sp³-hybridized carbons (Fsp3) is 0.783. The molecule has 7 heteroatoms. The highest BCUT2D eigenvalue weighted by atomic mass is 16.5. The third-order valence-corrected chi connectivity index (χ3v) is 6.73. The standard InChI is InChI=1S/C23H36N4O3/c1-2-13-30-19-7-6-10-26(16-19)23(29)17-25-12-9-18(15-25)20-14-22(28)27-11-5-3-4-8-21(27)24-20/h14,18-19H,2-13,15-17H2,1H3/t18-,19-/m0/s1. The summed E-state index contributed by atoms with van der Waals surface area (Å²) in [5.74, 6) is 1.41. The Morgan fingerprint density at radius 1 is 1.13 bits per heavy atom. The van der Waals surface area contributed by atoms with E-state index in [4.69, 9.17) is 9.72 Å². The molecule has 0 radical (unpaired) electrons. The molecule has 2 saturated heterocycles. The van der Waals surface area contributed by atoms with Crippen LogP contribution in [0.25, 0.3) is 0 Å². The summed E-state index contributed by atoms with van der Waals surface area (Å²) in [4.78, 5) is 34.6. The zero-order chi connectivity index (χ0) is 20.9. The summed E-state index contributed by atoms with van der Waals surface area (Å²) in [5.41, 5.74) is 1.02. The first-order valence-corrected chi connectivity index (χ1v) is 11.9. The first-order chi connectivity index (χ1) is 14.6. The minimum Gasteiger partial charge on any atom is -0.376 e. The number of fused-ring (bicyclic) bond motifs is 1. The number of nitrogens with zero attached hydrogens (tertiary/aromatic N) is 4. The zero-order valence-electron chi connectivity index (χ0n) is 18.4. The van der Waals surface area contributed by atoms with Crippen molar-refractivity contribution in [1.29, 1.82) is 0 Å². The maximum atomic E-state index is 12.9. The fourth-order valence-electron chi connectivity index (χ4n) is 5.04. The van der Waals surface area contributed by atoms with Gasteiger partial charge in [0, 0.05) is 51.2 Å². The molecule has 0 saturated carbocycles. The van der Waals surface area contributed by atoms with Crippen LogP contribution in [0, 0.1) is 0 Å². The predicted octanol–water partition coefficient (Wildman–Crippen LogP) is 2.18. The number of likely N-dealkylation sites (tertiary alicyclic amines) is 2. The van der Waals surface area contributed by atoms with E-state index in [0.717, 1.165) is 102 Å². The van der Waals surface area contributed by atoms with Crippen molar-refractivity contribution < 1.29 is 9.53 Å². The SMILES string of the molecule is CCCO[C@H]1CCCN(C(=O)CN2CC[C@H](c3cc(=O)n4c(n3)CCCCC4)C2)C1. The summed E-state index contributed by atoms with van der Waals surface area (Å²) in [6.07, 6.45) is 8.47. The van der Waals surface area contributed by atoms with Crippen LogP contribution >= 0.6 is 0 Å². The van der Waals surface area contributed by atoms with E-state index in [-0.39, 0.29) is 23.5 Å². The molecule has 166 valence electrons. The van der Waals surface area contributed by atoms with Gasteiger partial charge in [-0.05, 0) is 45.1 Å². The van der Waals surface area contributed by atoms with Gasteiger partial charge >= 0.3 is 0 Å². The van der Waals surface area contributed by atoms with Gasteiger partial charge in [0.1, 0.15) is 5.82 Å². The van der Waals surface area contributed by atoms with Gasteiger partial charge in [-0.2, -0.15) is 0 Å². The maximum Gasteiger partial charge on any atom is 0.253 e. The smallest absolute Gasteiger partial charge is 0.253 e. The van der Waals surface area contributed by atoms with Crippen LogP contribution in [0.2, 0.25) is 0 Å². The summed E-state index contributed by atoms with van der Waals surface area (Å²) >= 11 is 0. The van der Waals surface area contributed by atoms with Gasteiger partial charge in [0.25, 0.3) is 5.56 Å². The summed E-state index contributed by atoms with van der Waals surface area (Å²) in [6.45, 7) is 7.40. The number of aromatic nitrogens is 2. The first-order valence-electron chi connectivity index (χ1n) is 11.9. The quantitative estimate of drug-likeness (QED) is 0.711. The number of amides is 1. The van der Waals surface area contributed by atoms with E-state index in [2.05, 4.69) is 11.8 Å². The number of carbonyl (C=O) groups is 1. The minimum atomic E-state index is 0.0952. The number of carbonyl (C=O) groups excluding carboxylic acids is 1. The summed E-state index contributed by atoms with van der Waals surface area (Å²) in [7, 11) is 0. The number of piperidine rings is 1. The highest BCUT2D eigenvalue weighted by Crippen LogP contribution is 2.26. The lowest BCUT2D eigenvalue weighted by molar-refractivity contribution is -0.136. The molecule has 4 heterocycles. The van der Waals surface area contributed by atoms with Crippen molar-refractivity contribution in [3.8, 4) is 0 Å². The van der Waals surface area contributed by atoms with E-state index in [1.165, 1.54) is 0 Å². The van der Waals surface area contributed by atoms with Gasteiger partial charge in [-0.15, -0.1) is 0 Å². The molecule has 1 aromatic heterocycles. The van der Waals surface area contributed by atoms with Crippen LogP contribution in [0.1, 0.15) is 69.3 Å². The van der Waals surface area contributed by atoms with Gasteiger partial charge in [-0.1, -0.05) is 13.3 Å². The average Bonchev–Trinajstić information content (AvgIpc) is 3.08. The molecule has 3 aliphatic rings. The lowest BCUT2D eigenvalue weighted by Gasteiger charge is -2.33. The maximum absolute atomic E-state index is 12.9. The Kier molecular flexibility index (Phi) is 7.20. The molecule has 0 unspecified atom stereocenters. The van der Waals surface area contributed by atoms with Crippen LogP contribution < -0.4 is 5.56 Å². The van der Waals surface area contributed by atoms with E-state index in [1.54, 1.807) is 6.07 Å². The molecule has 1 amide bonds. The van der Waals surface area contributed by atoms with E-state index < -0.39 is 0 Å². The Morgan fingerprint density at radius 3 is 2.90 bits per heavy atom. The molecule has 0 aliphatic carbocycles. The third-order valence-electron chi connectivity index (χ3n) is 6.73. The molecule has 2 fully saturated rings. The van der Waals surface area contributed by atoms with Gasteiger partial charge in [0.15, 0.2) is 0 Å². The van der Waals surface area contributed by atoms with Gasteiger partial charge in [0.2, 0.25) is 5.91 Å². The Balaban J connectivity index is 1.33. The molecular weight excluding hydrogens is 380 g/mol. The monoisotopic (exact) mass is 416 g/mol. The van der Waals surface area contributed by atoms with Crippen molar-refractivity contribution in [1.82, 2.24) is 19.4 Å². The number of hydrogen-bond acceptors (Lipinski definition) is 5. The second-order valence-corrected chi connectivity index (χ2v) is 9.09. The summed E-state index contributed by atoms with van der Waals surface area (Å²) in [5, 5.41) is 0. The van der Waals surface area contributed by atoms with Gasteiger partial charge in [-0.3, -0.25) is 19.1 Å². The lowest BCUT2D eigenvalue weighted by Crippen LogP contribution is -2.47. The van der Waals surface area contributed by atoms with Crippen molar-refractivity contribution in [2.24, 2.45) is 0 Å². The van der Waals surface area contributed by atoms with Crippen molar-refractivity contribution in [2.75, 3.05) is 39.3 Å². The zero-order valence-corrected chi connectivity index (χ0v) is 18.4. The highest BCUT2D eigenvalue weighted by molar-refractivity contribution is 5.78. The average molecular weight is 417 g/mol. The first kappa shape index (κ1) is 21.5. The minimum absolute atomic E-state index is 0.0952. The van der Waals surface area contributed by atoms with E-state index in [1.807, 2.05) is 9.47 Å². The molecule has 0 aromatic carbocycles. The summed E-state index contributed by atoms with van der Waals surface area (Å²) in [6, 6.07) is 1.74. The van der Waals surface area contributed by atoms with Crippen molar-refractivity contribution >= 4 is 5.91 Å². The number of hydrogen-bond donors (Lipinski definition) is 0. The van der Waals surface area contributed by atoms with Gasteiger partial charge in [-0.25, -0.2) is 4.98 Å². The lowest BCUT2D eigenvalue weighted by atomic mass is 10.0. The van der Waals surface area contributed by atoms with Crippen LogP contribution in [0.15, 0.2) is 10.9 Å². The van der Waals surface area contributed by atoms with E-state index >= 15 is 0 Å². The van der Waals surface area contributed by atoms with Gasteiger partial charge < -0.3 is 9.64 Å². The Labute approximate surface area is 179 Å². The predicted molar refractivity (Wildman–Crippen MR) is 116 cm³/mol. The number of rotatable bonds is 6. The van der Waals surface area contributed by atoms with Crippen molar-refractivity contribution in [3.63, 3.8) is 0 Å². The Hall–Kier alpha value is -1.73. The highest BCUT2D eigenvalue weighted by Gasteiger charge is 2.30. The van der Waals surface area contributed by atoms with E-state index in [9.17, 15) is 9.59 Å². The topological polar surface area (TPSA) is 67.7 Å². The molecular formula is C23H36N4O3. The molecule has 4 rings (SSSR count). The Morgan fingerprint density at radius 2 is 2.03 bits per heavy atom. The largest absolute Gasteiger partial charge is 0.376 e. The molecule has 0 spiro atoms. The van der Waals surface area contributed by atoms with Crippen LogP contribution in [0.3, 0.4) is 0 Å². The summed E-state index contributed by atoms with van der Waals surface area (Å²) < 4.78 is 7.74. The Bertz CT molecular complexity index is 793.